The molecule has 0 unspecified atom stereocenters. The molecule has 0 bridgehead atoms. The summed E-state index contributed by atoms with van der Waals surface area (Å²) < 4.78 is 11.6. The fourth-order valence-corrected chi connectivity index (χ4v) is 3.68. The number of epoxide rings is 1. The maximum atomic E-state index is 12.1. The number of allylic oxidation sites excluding steroid dienone is 2. The summed E-state index contributed by atoms with van der Waals surface area (Å²) in [5, 5.41) is 0. The van der Waals surface area contributed by atoms with Gasteiger partial charge in [-0.3, -0.25) is 4.79 Å². The maximum absolute atomic E-state index is 12.1. The minimum absolute atomic E-state index is 0.0431. The van der Waals surface area contributed by atoms with Crippen molar-refractivity contribution in [2.75, 3.05) is 0 Å². The third kappa shape index (κ3) is 2.03. The van der Waals surface area contributed by atoms with Crippen LogP contribution in [0.2, 0.25) is 0 Å². The van der Waals surface area contributed by atoms with Crippen molar-refractivity contribution >= 4 is 5.97 Å². The molecular weight excluding hydrogens is 240 g/mol. The molecule has 2 saturated heterocycles. The molecule has 3 heteroatoms. The first kappa shape index (κ1) is 13.2. The normalized spacial score (nSPS) is 44.7. The summed E-state index contributed by atoms with van der Waals surface area (Å²) in [6.07, 6.45) is 6.55. The van der Waals surface area contributed by atoms with E-state index in [4.69, 9.17) is 9.47 Å². The predicted molar refractivity (Wildman–Crippen MR) is 72.7 cm³/mol. The zero-order chi connectivity index (χ0) is 13.8. The molecule has 1 aliphatic carbocycles. The molecule has 3 nitrogen and oxygen atoms in total. The van der Waals surface area contributed by atoms with Gasteiger partial charge in [-0.1, -0.05) is 11.6 Å². The van der Waals surface area contributed by atoms with Crippen molar-refractivity contribution in [3.05, 3.63) is 11.6 Å². The van der Waals surface area contributed by atoms with Gasteiger partial charge in [0.2, 0.25) is 0 Å². The van der Waals surface area contributed by atoms with Crippen LogP contribution >= 0.6 is 0 Å². The van der Waals surface area contributed by atoms with Crippen molar-refractivity contribution in [2.45, 2.75) is 71.2 Å². The van der Waals surface area contributed by atoms with Crippen molar-refractivity contribution in [3.63, 3.8) is 0 Å². The number of ether oxygens (including phenoxy) is 2. The Balaban J connectivity index is 1.90. The minimum atomic E-state index is -0.378. The van der Waals surface area contributed by atoms with Crippen molar-refractivity contribution in [3.8, 4) is 0 Å². The van der Waals surface area contributed by atoms with Gasteiger partial charge in [-0.05, 0) is 53.4 Å². The molecule has 0 radical (unpaired) electrons. The second kappa shape index (κ2) is 4.08. The SMILES string of the molecule is CC1=CCC[C@@]2(C)O[C@H]2[C@H]2OC(=O)C(C)(C)[C@@H]2CC1. The third-order valence-electron chi connectivity index (χ3n) is 5.32. The lowest BCUT2D eigenvalue weighted by Crippen LogP contribution is -2.33. The molecule has 2 fully saturated rings. The highest BCUT2D eigenvalue weighted by Gasteiger charge is 2.64. The van der Waals surface area contributed by atoms with E-state index in [9.17, 15) is 4.79 Å². The number of carbonyl (C=O) groups excluding carboxylic acids is 1. The summed E-state index contributed by atoms with van der Waals surface area (Å²) in [6, 6.07) is 0. The van der Waals surface area contributed by atoms with Crippen LogP contribution in [0.3, 0.4) is 0 Å². The molecule has 0 N–H and O–H groups in total. The molecule has 0 saturated carbocycles. The minimum Gasteiger partial charge on any atom is -0.459 e. The lowest BCUT2D eigenvalue weighted by atomic mass is 9.73. The Bertz CT molecular complexity index is 437. The van der Waals surface area contributed by atoms with Gasteiger partial charge in [-0.25, -0.2) is 0 Å². The fraction of sp³-hybridized carbons (Fsp3) is 0.812. The molecule has 0 aromatic heterocycles. The Kier molecular flexibility index (Phi) is 2.83. The quantitative estimate of drug-likeness (QED) is 0.383. The highest BCUT2D eigenvalue weighted by atomic mass is 16.6. The monoisotopic (exact) mass is 264 g/mol. The van der Waals surface area contributed by atoms with Gasteiger partial charge < -0.3 is 9.47 Å². The Morgan fingerprint density at radius 3 is 2.79 bits per heavy atom. The van der Waals surface area contributed by atoms with Crippen LogP contribution in [0.1, 0.15) is 53.4 Å². The van der Waals surface area contributed by atoms with Crippen LogP contribution in [0, 0.1) is 11.3 Å². The summed E-state index contributed by atoms with van der Waals surface area (Å²) in [6.45, 7) is 8.38. The van der Waals surface area contributed by atoms with Crippen LogP contribution in [0.25, 0.3) is 0 Å². The van der Waals surface area contributed by atoms with Crippen LogP contribution < -0.4 is 0 Å². The first-order chi connectivity index (χ1) is 8.84. The Hall–Kier alpha value is -0.830. The van der Waals surface area contributed by atoms with Gasteiger partial charge in [0, 0.05) is 5.92 Å². The van der Waals surface area contributed by atoms with Gasteiger partial charge in [-0.2, -0.15) is 0 Å². The van der Waals surface area contributed by atoms with Crippen LogP contribution in [-0.4, -0.2) is 23.8 Å². The highest BCUT2D eigenvalue weighted by Crippen LogP contribution is 2.53. The topological polar surface area (TPSA) is 38.8 Å². The summed E-state index contributed by atoms with van der Waals surface area (Å²) in [7, 11) is 0. The Morgan fingerprint density at radius 1 is 1.32 bits per heavy atom. The van der Waals surface area contributed by atoms with E-state index in [0.29, 0.717) is 0 Å². The number of carbonyl (C=O) groups is 1. The molecule has 3 aliphatic rings. The lowest BCUT2D eigenvalue weighted by molar-refractivity contribution is -0.148. The third-order valence-corrected chi connectivity index (χ3v) is 5.32. The summed E-state index contributed by atoms with van der Waals surface area (Å²) in [5.41, 5.74) is 0.964. The Morgan fingerprint density at radius 2 is 2.05 bits per heavy atom. The summed E-state index contributed by atoms with van der Waals surface area (Å²) in [4.78, 5) is 12.1. The van der Waals surface area contributed by atoms with Gasteiger partial charge in [0.1, 0.15) is 12.2 Å². The van der Waals surface area contributed by atoms with E-state index in [-0.39, 0.29) is 35.1 Å². The van der Waals surface area contributed by atoms with E-state index >= 15 is 0 Å². The highest BCUT2D eigenvalue weighted by molar-refractivity contribution is 5.79. The number of fused-ring (bicyclic) bond motifs is 3. The molecule has 19 heavy (non-hydrogen) atoms. The molecule has 0 spiro atoms. The molecule has 2 heterocycles. The number of hydrogen-bond donors (Lipinski definition) is 0. The first-order valence-electron chi connectivity index (χ1n) is 7.39. The van der Waals surface area contributed by atoms with Crippen molar-refractivity contribution in [1.29, 1.82) is 0 Å². The largest absolute Gasteiger partial charge is 0.459 e. The fourth-order valence-electron chi connectivity index (χ4n) is 3.68. The zero-order valence-corrected chi connectivity index (χ0v) is 12.4. The van der Waals surface area contributed by atoms with Crippen LogP contribution in [0.15, 0.2) is 11.6 Å². The number of esters is 1. The number of rotatable bonds is 0. The van der Waals surface area contributed by atoms with E-state index in [0.717, 1.165) is 25.7 Å². The van der Waals surface area contributed by atoms with Gasteiger partial charge in [-0.15, -0.1) is 0 Å². The molecule has 3 rings (SSSR count). The van der Waals surface area contributed by atoms with Gasteiger partial charge in [0.25, 0.3) is 0 Å². The van der Waals surface area contributed by atoms with Crippen molar-refractivity contribution in [1.82, 2.24) is 0 Å². The van der Waals surface area contributed by atoms with E-state index < -0.39 is 0 Å². The molecule has 2 aliphatic heterocycles. The molecule has 4 atom stereocenters. The standard InChI is InChI=1S/C16H24O3/c1-10-6-5-9-16(4)13(19-16)12-11(8-7-10)15(2,3)14(17)18-12/h6,11-13H,5,7-9H2,1-4H3/t11-,12+,13+,16-/m1/s1. The van der Waals surface area contributed by atoms with Crippen LogP contribution in [-0.2, 0) is 14.3 Å². The van der Waals surface area contributed by atoms with Crippen LogP contribution in [0.5, 0.6) is 0 Å². The lowest BCUT2D eigenvalue weighted by Gasteiger charge is -2.26. The molecule has 0 amide bonds. The molecule has 0 aromatic rings. The molecular formula is C16H24O3. The van der Waals surface area contributed by atoms with E-state index in [1.807, 2.05) is 13.8 Å². The van der Waals surface area contributed by atoms with E-state index in [2.05, 4.69) is 19.9 Å². The number of hydrogen-bond acceptors (Lipinski definition) is 3. The molecule has 0 aromatic carbocycles. The second-order valence-corrected chi connectivity index (χ2v) is 7.18. The smallest absolute Gasteiger partial charge is 0.312 e. The van der Waals surface area contributed by atoms with Gasteiger partial charge in [0.15, 0.2) is 0 Å². The van der Waals surface area contributed by atoms with E-state index in [1.165, 1.54) is 5.57 Å². The Labute approximate surface area is 115 Å². The zero-order valence-electron chi connectivity index (χ0n) is 12.4. The average molecular weight is 264 g/mol. The van der Waals surface area contributed by atoms with Crippen molar-refractivity contribution in [2.24, 2.45) is 11.3 Å². The van der Waals surface area contributed by atoms with Crippen LogP contribution in [0.4, 0.5) is 0 Å². The molecule has 106 valence electrons. The first-order valence-corrected chi connectivity index (χ1v) is 7.39. The van der Waals surface area contributed by atoms with E-state index in [1.54, 1.807) is 0 Å². The average Bonchev–Trinajstić information content (AvgIpc) is 2.92. The predicted octanol–water partition coefficient (Wildman–Crippen LogP) is 3.23. The van der Waals surface area contributed by atoms with Gasteiger partial charge >= 0.3 is 5.97 Å². The maximum Gasteiger partial charge on any atom is 0.312 e. The van der Waals surface area contributed by atoms with Crippen molar-refractivity contribution < 1.29 is 14.3 Å². The summed E-state index contributed by atoms with van der Waals surface area (Å²) >= 11 is 0. The van der Waals surface area contributed by atoms with Gasteiger partial charge in [0.05, 0.1) is 11.0 Å². The second-order valence-electron chi connectivity index (χ2n) is 7.18. The summed E-state index contributed by atoms with van der Waals surface area (Å²) in [5.74, 6) is 0.217.